The third-order valence-electron chi connectivity index (χ3n) is 3.01. The highest BCUT2D eigenvalue weighted by atomic mass is 19.4. The largest absolute Gasteiger partial charge is 0.393 e. The first-order valence-corrected chi connectivity index (χ1v) is 6.04. The van der Waals surface area contributed by atoms with Gasteiger partial charge in [0.05, 0.1) is 18.3 Å². The second-order valence-corrected chi connectivity index (χ2v) is 4.50. The van der Waals surface area contributed by atoms with Gasteiger partial charge in [0.2, 0.25) is 0 Å². The Labute approximate surface area is 110 Å². The Kier molecular flexibility index (Phi) is 3.64. The van der Waals surface area contributed by atoms with Crippen LogP contribution in [0.4, 0.5) is 13.2 Å². The monoisotopic (exact) mass is 267 g/mol. The minimum atomic E-state index is -4.19. The summed E-state index contributed by atoms with van der Waals surface area (Å²) in [7, 11) is 0. The van der Waals surface area contributed by atoms with Crippen molar-refractivity contribution in [2.45, 2.75) is 32.9 Å². The summed E-state index contributed by atoms with van der Waals surface area (Å²) in [5, 5.41) is 3.98. The van der Waals surface area contributed by atoms with Crippen LogP contribution in [-0.4, -0.2) is 11.9 Å². The standard InChI is InChI=1S/C14H14F3N2/c1-3-13-12(8-18-19-13)11-6-10(5-4-9(11)2)7-14(15,16)17/h4-6,8H,3,7H2,1-2H3. The van der Waals surface area contributed by atoms with Crippen molar-refractivity contribution in [3.8, 4) is 0 Å². The second kappa shape index (κ2) is 5.07. The van der Waals surface area contributed by atoms with Gasteiger partial charge in [-0.25, -0.2) is 0 Å². The van der Waals surface area contributed by atoms with Crippen LogP contribution < -0.4 is 5.43 Å². The molecule has 1 aromatic rings. The maximum atomic E-state index is 12.4. The lowest BCUT2D eigenvalue weighted by molar-refractivity contribution is -0.127. The lowest BCUT2D eigenvalue weighted by atomic mass is 9.94. The zero-order chi connectivity index (χ0) is 14.0. The van der Waals surface area contributed by atoms with E-state index >= 15 is 0 Å². The molecule has 5 heteroatoms. The van der Waals surface area contributed by atoms with Crippen molar-refractivity contribution >= 4 is 11.3 Å². The molecule has 2 nitrogen and oxygen atoms in total. The molecule has 0 unspecified atom stereocenters. The van der Waals surface area contributed by atoms with Gasteiger partial charge >= 0.3 is 6.18 Å². The molecule has 0 bridgehead atoms. The smallest absolute Gasteiger partial charge is 0.171 e. The van der Waals surface area contributed by atoms with E-state index in [0.29, 0.717) is 6.42 Å². The maximum Gasteiger partial charge on any atom is 0.393 e. The summed E-state index contributed by atoms with van der Waals surface area (Å²) in [4.78, 5) is 0. The van der Waals surface area contributed by atoms with Crippen LogP contribution in [0.25, 0.3) is 5.57 Å². The van der Waals surface area contributed by atoms with Crippen LogP contribution in [0.5, 0.6) is 0 Å². The number of nitrogens with zero attached hydrogens (tertiary/aromatic N) is 2. The van der Waals surface area contributed by atoms with E-state index in [0.717, 1.165) is 22.4 Å². The number of allylic oxidation sites excluding steroid dienone is 1. The third kappa shape index (κ3) is 3.16. The number of hydrogen-bond acceptors (Lipinski definition) is 1. The number of alkyl halides is 3. The molecular weight excluding hydrogens is 253 g/mol. The minimum absolute atomic E-state index is 0.261. The summed E-state index contributed by atoms with van der Waals surface area (Å²) in [5.41, 5.74) is 7.45. The van der Waals surface area contributed by atoms with Crippen LogP contribution in [0.15, 0.2) is 29.5 Å². The second-order valence-electron chi connectivity index (χ2n) is 4.50. The summed E-state index contributed by atoms with van der Waals surface area (Å²) >= 11 is 0. The molecule has 0 atom stereocenters. The van der Waals surface area contributed by atoms with E-state index in [1.807, 2.05) is 13.8 Å². The quantitative estimate of drug-likeness (QED) is 0.796. The topological polar surface area (TPSA) is 26.5 Å². The zero-order valence-corrected chi connectivity index (χ0v) is 10.8. The van der Waals surface area contributed by atoms with Gasteiger partial charge in [0.25, 0.3) is 0 Å². The molecule has 0 saturated carbocycles. The molecule has 0 spiro atoms. The van der Waals surface area contributed by atoms with Gasteiger partial charge in [-0.2, -0.15) is 23.7 Å². The molecule has 1 aliphatic heterocycles. The summed E-state index contributed by atoms with van der Waals surface area (Å²) < 4.78 is 37.3. The van der Waals surface area contributed by atoms with Crippen molar-refractivity contribution in [3.05, 3.63) is 41.1 Å². The van der Waals surface area contributed by atoms with Gasteiger partial charge in [0.1, 0.15) is 0 Å². The van der Waals surface area contributed by atoms with Crippen LogP contribution >= 0.6 is 0 Å². The van der Waals surface area contributed by atoms with Crippen molar-refractivity contribution in [1.29, 1.82) is 0 Å². The van der Waals surface area contributed by atoms with Crippen LogP contribution in [-0.2, 0) is 6.42 Å². The summed E-state index contributed by atoms with van der Waals surface area (Å²) in [6.45, 7) is 3.82. The van der Waals surface area contributed by atoms with Gasteiger partial charge in [0.15, 0.2) is 0 Å². The molecule has 101 valence electrons. The first kappa shape index (κ1) is 13.6. The molecule has 2 rings (SSSR count). The van der Waals surface area contributed by atoms with Gasteiger partial charge in [-0.3, -0.25) is 0 Å². The lowest BCUT2D eigenvalue weighted by Crippen LogP contribution is -2.12. The number of rotatable bonds is 3. The molecule has 0 aromatic heterocycles. The minimum Gasteiger partial charge on any atom is -0.171 e. The van der Waals surface area contributed by atoms with E-state index < -0.39 is 12.6 Å². The average molecular weight is 267 g/mol. The van der Waals surface area contributed by atoms with Crippen LogP contribution in [0, 0.1) is 6.92 Å². The summed E-state index contributed by atoms with van der Waals surface area (Å²) in [5.74, 6) is 0. The molecule has 1 aliphatic rings. The summed E-state index contributed by atoms with van der Waals surface area (Å²) in [6, 6.07) is 4.81. The Morgan fingerprint density at radius 1 is 1.21 bits per heavy atom. The first-order chi connectivity index (χ1) is 8.90. The highest BCUT2D eigenvalue weighted by Gasteiger charge is 2.28. The highest BCUT2D eigenvalue weighted by molar-refractivity contribution is 6.25. The third-order valence-corrected chi connectivity index (χ3v) is 3.01. The van der Waals surface area contributed by atoms with E-state index in [2.05, 4.69) is 10.5 Å². The van der Waals surface area contributed by atoms with Crippen molar-refractivity contribution in [3.63, 3.8) is 0 Å². The van der Waals surface area contributed by atoms with E-state index in [9.17, 15) is 13.2 Å². The van der Waals surface area contributed by atoms with E-state index in [1.54, 1.807) is 18.3 Å². The molecule has 19 heavy (non-hydrogen) atoms. The average Bonchev–Trinajstić information content (AvgIpc) is 2.77. The Balaban J connectivity index is 2.36. The van der Waals surface area contributed by atoms with Crippen LogP contribution in [0.2, 0.25) is 0 Å². The molecule has 1 aromatic carbocycles. The van der Waals surface area contributed by atoms with Crippen LogP contribution in [0.3, 0.4) is 0 Å². The van der Waals surface area contributed by atoms with Crippen molar-refractivity contribution in [1.82, 2.24) is 5.43 Å². The number of hydrogen-bond donors (Lipinski definition) is 0. The van der Waals surface area contributed by atoms with Crippen molar-refractivity contribution in [2.24, 2.45) is 5.10 Å². The Morgan fingerprint density at radius 3 is 2.58 bits per heavy atom. The molecule has 1 heterocycles. The number of benzene rings is 1. The fraction of sp³-hybridized carbons (Fsp3) is 0.357. The first-order valence-electron chi connectivity index (χ1n) is 6.04. The molecule has 0 fully saturated rings. The summed E-state index contributed by atoms with van der Waals surface area (Å²) in [6.07, 6.45) is -2.79. The zero-order valence-electron chi connectivity index (χ0n) is 10.8. The Hall–Kier alpha value is -1.78. The Morgan fingerprint density at radius 2 is 1.95 bits per heavy atom. The molecule has 0 N–H and O–H groups in total. The SMILES string of the molecule is CCC1=N[N]C=C1c1cc(CC(F)(F)F)ccc1C. The number of halogens is 3. The van der Waals surface area contributed by atoms with E-state index in [1.165, 1.54) is 6.07 Å². The van der Waals surface area contributed by atoms with Gasteiger partial charge < -0.3 is 0 Å². The molecular formula is C14H14F3N2. The maximum absolute atomic E-state index is 12.4. The van der Waals surface area contributed by atoms with Gasteiger partial charge in [-0.05, 0) is 30.0 Å². The normalized spacial score (nSPS) is 15.0. The highest BCUT2D eigenvalue weighted by Crippen LogP contribution is 2.28. The number of aryl methyl sites for hydroxylation is 1. The van der Waals surface area contributed by atoms with E-state index in [-0.39, 0.29) is 5.56 Å². The van der Waals surface area contributed by atoms with Gasteiger partial charge in [-0.15, -0.1) is 0 Å². The fourth-order valence-corrected chi connectivity index (χ4v) is 2.07. The molecule has 0 saturated heterocycles. The predicted molar refractivity (Wildman–Crippen MR) is 68.8 cm³/mol. The van der Waals surface area contributed by atoms with Crippen molar-refractivity contribution in [2.75, 3.05) is 0 Å². The Bertz CT molecular complexity index is 542. The lowest BCUT2D eigenvalue weighted by Gasteiger charge is -2.12. The van der Waals surface area contributed by atoms with Crippen molar-refractivity contribution < 1.29 is 13.2 Å². The molecule has 0 aliphatic carbocycles. The van der Waals surface area contributed by atoms with Crippen LogP contribution in [0.1, 0.15) is 30.0 Å². The molecule has 1 radical (unpaired) electrons. The van der Waals surface area contributed by atoms with Gasteiger partial charge in [-0.1, -0.05) is 25.1 Å². The fourth-order valence-electron chi connectivity index (χ4n) is 2.07. The van der Waals surface area contributed by atoms with E-state index in [4.69, 9.17) is 0 Å². The molecule has 0 amide bonds. The predicted octanol–water partition coefficient (Wildman–Crippen LogP) is 3.82. The van der Waals surface area contributed by atoms with Gasteiger partial charge in [0, 0.05) is 5.57 Å².